The van der Waals surface area contributed by atoms with Crippen LogP contribution in [0.3, 0.4) is 0 Å². The third kappa shape index (κ3) is 5.82. The van der Waals surface area contributed by atoms with E-state index >= 15 is 0 Å². The van der Waals surface area contributed by atoms with E-state index < -0.39 is 0 Å². The number of thioether (sulfide) groups is 1. The Kier molecular flexibility index (Phi) is 6.87. The van der Waals surface area contributed by atoms with Gasteiger partial charge in [0.2, 0.25) is 5.91 Å². The van der Waals surface area contributed by atoms with Crippen molar-refractivity contribution in [2.45, 2.75) is 25.0 Å². The topological polar surface area (TPSA) is 49.4 Å². The highest BCUT2D eigenvalue weighted by Gasteiger charge is 2.17. The summed E-state index contributed by atoms with van der Waals surface area (Å²) in [5.41, 5.74) is 2.38. The van der Waals surface area contributed by atoms with E-state index in [2.05, 4.69) is 5.32 Å². The number of amides is 2. The fraction of sp³-hybridized carbons (Fsp3) is 0.333. The van der Waals surface area contributed by atoms with Crippen molar-refractivity contribution in [1.82, 2.24) is 4.90 Å². The van der Waals surface area contributed by atoms with Gasteiger partial charge in [-0.2, -0.15) is 0 Å². The highest BCUT2D eigenvalue weighted by molar-refractivity contribution is 7.99. The highest BCUT2D eigenvalue weighted by atomic mass is 32.2. The molecule has 0 bridgehead atoms. The van der Waals surface area contributed by atoms with E-state index in [-0.39, 0.29) is 17.6 Å². The van der Waals surface area contributed by atoms with E-state index in [4.69, 9.17) is 0 Å². The van der Waals surface area contributed by atoms with Gasteiger partial charge in [0, 0.05) is 30.1 Å². The third-order valence-electron chi connectivity index (χ3n) is 4.47. The molecule has 0 aromatic heterocycles. The van der Waals surface area contributed by atoms with Gasteiger partial charge in [-0.15, -0.1) is 11.8 Å². The van der Waals surface area contributed by atoms with Crippen LogP contribution in [0.4, 0.5) is 10.1 Å². The molecule has 1 N–H and O–H groups in total. The van der Waals surface area contributed by atoms with Gasteiger partial charge in [-0.1, -0.05) is 12.1 Å². The summed E-state index contributed by atoms with van der Waals surface area (Å²) in [4.78, 5) is 26.3. The summed E-state index contributed by atoms with van der Waals surface area (Å²) in [5.74, 6) is 0.654. The van der Waals surface area contributed by atoms with E-state index in [1.54, 1.807) is 0 Å². The molecule has 1 fully saturated rings. The number of anilines is 1. The fourth-order valence-electron chi connectivity index (χ4n) is 3.01. The van der Waals surface area contributed by atoms with Gasteiger partial charge in [-0.05, 0) is 61.2 Å². The zero-order chi connectivity index (χ0) is 19.1. The Labute approximate surface area is 163 Å². The maximum absolute atomic E-state index is 12.9. The van der Waals surface area contributed by atoms with Crippen LogP contribution in [0.2, 0.25) is 0 Å². The Morgan fingerprint density at radius 3 is 2.30 bits per heavy atom. The standard InChI is InChI=1S/C21H23FN2O2S/c22-18-8-10-19(11-9-18)23-20(25)15-27-14-16-4-6-17(7-5-16)21(26)24-12-2-1-3-13-24/h4-11H,1-3,12-15H2,(H,23,25). The number of nitrogens with zero attached hydrogens (tertiary/aromatic N) is 1. The van der Waals surface area contributed by atoms with Gasteiger partial charge in [0.15, 0.2) is 0 Å². The van der Waals surface area contributed by atoms with Crippen LogP contribution in [0.1, 0.15) is 35.2 Å². The molecule has 0 radical (unpaired) electrons. The number of hydrogen-bond acceptors (Lipinski definition) is 3. The fourth-order valence-corrected chi connectivity index (χ4v) is 3.80. The lowest BCUT2D eigenvalue weighted by Crippen LogP contribution is -2.35. The minimum atomic E-state index is -0.329. The van der Waals surface area contributed by atoms with Gasteiger partial charge in [-0.25, -0.2) is 4.39 Å². The average molecular weight is 386 g/mol. The monoisotopic (exact) mass is 386 g/mol. The molecule has 2 aromatic rings. The highest BCUT2D eigenvalue weighted by Crippen LogP contribution is 2.17. The van der Waals surface area contributed by atoms with Crippen LogP contribution < -0.4 is 5.32 Å². The largest absolute Gasteiger partial charge is 0.339 e. The van der Waals surface area contributed by atoms with Crippen molar-refractivity contribution in [1.29, 1.82) is 0 Å². The third-order valence-corrected chi connectivity index (χ3v) is 5.48. The second-order valence-electron chi connectivity index (χ2n) is 6.60. The Morgan fingerprint density at radius 1 is 0.963 bits per heavy atom. The van der Waals surface area contributed by atoms with E-state index in [1.165, 1.54) is 42.4 Å². The molecule has 0 aliphatic carbocycles. The van der Waals surface area contributed by atoms with Crippen LogP contribution in [0, 0.1) is 5.82 Å². The zero-order valence-corrected chi connectivity index (χ0v) is 15.9. The van der Waals surface area contributed by atoms with E-state index in [9.17, 15) is 14.0 Å². The Morgan fingerprint density at radius 2 is 1.63 bits per heavy atom. The molecule has 1 aliphatic heterocycles. The molecule has 0 unspecified atom stereocenters. The molecule has 142 valence electrons. The van der Waals surface area contributed by atoms with Gasteiger partial charge in [0.05, 0.1) is 5.75 Å². The molecule has 1 saturated heterocycles. The van der Waals surface area contributed by atoms with Crippen LogP contribution >= 0.6 is 11.8 Å². The SMILES string of the molecule is O=C(CSCc1ccc(C(=O)N2CCCCC2)cc1)Nc1ccc(F)cc1. The molecule has 2 amide bonds. The minimum absolute atomic E-state index is 0.104. The molecular formula is C21H23FN2O2S. The predicted molar refractivity (Wildman–Crippen MR) is 107 cm³/mol. The number of hydrogen-bond donors (Lipinski definition) is 1. The van der Waals surface area contributed by atoms with Crippen LogP contribution in [-0.2, 0) is 10.5 Å². The summed E-state index contributed by atoms with van der Waals surface area (Å²) in [6, 6.07) is 13.3. The Balaban J connectivity index is 1.43. The summed E-state index contributed by atoms with van der Waals surface area (Å²) in [6.07, 6.45) is 3.37. The van der Waals surface area contributed by atoms with Gasteiger partial charge in [0.25, 0.3) is 5.91 Å². The number of benzene rings is 2. The van der Waals surface area contributed by atoms with E-state index in [0.717, 1.165) is 37.1 Å². The lowest BCUT2D eigenvalue weighted by molar-refractivity contribution is -0.113. The quantitative estimate of drug-likeness (QED) is 0.804. The number of rotatable bonds is 6. The molecule has 2 aromatic carbocycles. The molecule has 0 atom stereocenters. The first kappa shape index (κ1) is 19.4. The molecular weight excluding hydrogens is 363 g/mol. The van der Waals surface area contributed by atoms with E-state index in [1.807, 2.05) is 29.2 Å². The molecule has 3 rings (SSSR count). The van der Waals surface area contributed by atoms with Crippen LogP contribution in [0.5, 0.6) is 0 Å². The molecule has 4 nitrogen and oxygen atoms in total. The molecule has 1 heterocycles. The lowest BCUT2D eigenvalue weighted by Gasteiger charge is -2.26. The van der Waals surface area contributed by atoms with Crippen LogP contribution in [0.25, 0.3) is 0 Å². The van der Waals surface area contributed by atoms with Gasteiger partial charge >= 0.3 is 0 Å². The first-order chi connectivity index (χ1) is 13.1. The van der Waals surface area contributed by atoms with Crippen LogP contribution in [0.15, 0.2) is 48.5 Å². The van der Waals surface area contributed by atoms with Crippen molar-refractivity contribution < 1.29 is 14.0 Å². The van der Waals surface area contributed by atoms with Crippen molar-refractivity contribution in [3.63, 3.8) is 0 Å². The van der Waals surface area contributed by atoms with Crippen LogP contribution in [-0.4, -0.2) is 35.6 Å². The number of carbonyl (C=O) groups excluding carboxylic acids is 2. The predicted octanol–water partition coefficient (Wildman–Crippen LogP) is 4.32. The number of nitrogens with one attached hydrogen (secondary N) is 1. The van der Waals surface area contributed by atoms with E-state index in [0.29, 0.717) is 17.2 Å². The zero-order valence-electron chi connectivity index (χ0n) is 15.1. The first-order valence-corrected chi connectivity index (χ1v) is 10.3. The summed E-state index contributed by atoms with van der Waals surface area (Å²) >= 11 is 1.50. The Bertz CT molecular complexity index is 772. The molecule has 0 spiro atoms. The molecule has 27 heavy (non-hydrogen) atoms. The lowest BCUT2D eigenvalue weighted by atomic mass is 10.1. The number of halogens is 1. The molecule has 6 heteroatoms. The summed E-state index contributed by atoms with van der Waals surface area (Å²) in [7, 11) is 0. The molecule has 0 saturated carbocycles. The first-order valence-electron chi connectivity index (χ1n) is 9.13. The summed E-state index contributed by atoms with van der Waals surface area (Å²) in [5, 5.41) is 2.74. The Hall–Kier alpha value is -2.34. The number of likely N-dealkylation sites (tertiary alicyclic amines) is 1. The normalized spacial score (nSPS) is 14.0. The van der Waals surface area contributed by atoms with Gasteiger partial charge < -0.3 is 10.2 Å². The van der Waals surface area contributed by atoms with Crippen molar-refractivity contribution in [3.05, 3.63) is 65.5 Å². The average Bonchev–Trinajstić information content (AvgIpc) is 2.70. The maximum atomic E-state index is 12.9. The second-order valence-corrected chi connectivity index (χ2v) is 7.58. The van der Waals surface area contributed by atoms with Crippen molar-refractivity contribution in [3.8, 4) is 0 Å². The minimum Gasteiger partial charge on any atom is -0.339 e. The number of carbonyl (C=O) groups is 2. The van der Waals surface area contributed by atoms with Crippen molar-refractivity contribution >= 4 is 29.3 Å². The van der Waals surface area contributed by atoms with Crippen molar-refractivity contribution in [2.75, 3.05) is 24.2 Å². The van der Waals surface area contributed by atoms with Crippen molar-refractivity contribution in [2.24, 2.45) is 0 Å². The maximum Gasteiger partial charge on any atom is 0.253 e. The second kappa shape index (κ2) is 9.55. The summed E-state index contributed by atoms with van der Waals surface area (Å²) < 4.78 is 12.9. The van der Waals surface area contributed by atoms with Gasteiger partial charge in [-0.3, -0.25) is 9.59 Å². The summed E-state index contributed by atoms with van der Waals surface area (Å²) in [6.45, 7) is 1.69. The van der Waals surface area contributed by atoms with Gasteiger partial charge in [0.1, 0.15) is 5.82 Å². The number of piperidine rings is 1. The molecule has 1 aliphatic rings. The smallest absolute Gasteiger partial charge is 0.253 e.